The summed E-state index contributed by atoms with van der Waals surface area (Å²) in [7, 11) is -3.35. The van der Waals surface area contributed by atoms with Gasteiger partial charge in [0.1, 0.15) is 4.90 Å². The Hall–Kier alpha value is -0.920. The lowest BCUT2D eigenvalue weighted by Crippen LogP contribution is -2.46. The standard InChI is InChI=1S/C11H18N4O2S/c16-18(17,15-5-3-12-4-6-15)11-7-13-14(9-11)8-10-1-2-10/h7,9-10,12H,1-6,8H2. The van der Waals surface area contributed by atoms with Crippen LogP contribution in [0, 0.1) is 5.92 Å². The van der Waals surface area contributed by atoms with Crippen molar-refractivity contribution >= 4 is 10.0 Å². The molecule has 6 nitrogen and oxygen atoms in total. The summed E-state index contributed by atoms with van der Waals surface area (Å²) in [4.78, 5) is 0.324. The molecule has 0 aromatic carbocycles. The molecule has 100 valence electrons. The Morgan fingerprint density at radius 3 is 2.72 bits per heavy atom. The number of piperazine rings is 1. The first kappa shape index (κ1) is 12.1. The third kappa shape index (κ3) is 2.43. The second-order valence-corrected chi connectivity index (χ2v) is 6.93. The summed E-state index contributed by atoms with van der Waals surface area (Å²) < 4.78 is 28.0. The summed E-state index contributed by atoms with van der Waals surface area (Å²) in [5.74, 6) is 0.694. The van der Waals surface area contributed by atoms with E-state index in [-0.39, 0.29) is 0 Å². The van der Waals surface area contributed by atoms with Gasteiger partial charge in [0.25, 0.3) is 0 Å². The first-order chi connectivity index (χ1) is 8.66. The highest BCUT2D eigenvalue weighted by molar-refractivity contribution is 7.89. The molecule has 2 aliphatic rings. The highest BCUT2D eigenvalue weighted by Gasteiger charge is 2.28. The molecule has 1 saturated carbocycles. The van der Waals surface area contributed by atoms with Crippen LogP contribution in [0.25, 0.3) is 0 Å². The molecule has 0 atom stereocenters. The van der Waals surface area contributed by atoms with Crippen molar-refractivity contribution in [3.8, 4) is 0 Å². The van der Waals surface area contributed by atoms with Crippen molar-refractivity contribution in [1.29, 1.82) is 0 Å². The molecule has 1 aromatic heterocycles. The first-order valence-corrected chi connectivity index (χ1v) is 7.83. The highest BCUT2D eigenvalue weighted by Crippen LogP contribution is 2.30. The molecule has 1 aliphatic heterocycles. The van der Waals surface area contributed by atoms with Crippen LogP contribution in [0.4, 0.5) is 0 Å². The molecular formula is C11H18N4O2S. The zero-order valence-electron chi connectivity index (χ0n) is 10.2. The van der Waals surface area contributed by atoms with E-state index in [0.717, 1.165) is 19.6 Å². The van der Waals surface area contributed by atoms with Crippen LogP contribution in [0.2, 0.25) is 0 Å². The third-order valence-corrected chi connectivity index (χ3v) is 5.32. The second kappa shape index (κ2) is 4.64. The topological polar surface area (TPSA) is 67.2 Å². The largest absolute Gasteiger partial charge is 0.314 e. The average molecular weight is 270 g/mol. The summed E-state index contributed by atoms with van der Waals surface area (Å²) in [5, 5.41) is 7.30. The zero-order valence-corrected chi connectivity index (χ0v) is 11.1. The van der Waals surface area contributed by atoms with Gasteiger partial charge in [0, 0.05) is 38.9 Å². The molecule has 0 bridgehead atoms. The van der Waals surface area contributed by atoms with Gasteiger partial charge in [0.15, 0.2) is 0 Å². The maximum atomic E-state index is 12.3. The molecular weight excluding hydrogens is 252 g/mol. The molecule has 7 heteroatoms. The number of nitrogens with zero attached hydrogens (tertiary/aromatic N) is 3. The fraction of sp³-hybridized carbons (Fsp3) is 0.727. The summed E-state index contributed by atoms with van der Waals surface area (Å²) in [6, 6.07) is 0. The highest BCUT2D eigenvalue weighted by atomic mass is 32.2. The molecule has 1 aliphatic carbocycles. The Morgan fingerprint density at radius 1 is 1.33 bits per heavy atom. The van der Waals surface area contributed by atoms with E-state index in [0.29, 0.717) is 23.9 Å². The van der Waals surface area contributed by atoms with Crippen molar-refractivity contribution in [3.63, 3.8) is 0 Å². The van der Waals surface area contributed by atoms with Crippen molar-refractivity contribution in [2.75, 3.05) is 26.2 Å². The number of nitrogens with one attached hydrogen (secondary N) is 1. The molecule has 1 N–H and O–H groups in total. The summed E-state index contributed by atoms with van der Waals surface area (Å²) in [6.07, 6.45) is 5.61. The van der Waals surface area contributed by atoms with E-state index in [2.05, 4.69) is 10.4 Å². The van der Waals surface area contributed by atoms with Gasteiger partial charge in [-0.05, 0) is 18.8 Å². The lowest BCUT2D eigenvalue weighted by molar-refractivity contribution is 0.360. The van der Waals surface area contributed by atoms with Gasteiger partial charge >= 0.3 is 0 Å². The van der Waals surface area contributed by atoms with Gasteiger partial charge in [-0.1, -0.05) is 0 Å². The Morgan fingerprint density at radius 2 is 2.06 bits per heavy atom. The summed E-state index contributed by atoms with van der Waals surface area (Å²) in [6.45, 7) is 3.36. The predicted molar refractivity (Wildman–Crippen MR) is 66.6 cm³/mol. The SMILES string of the molecule is O=S(=O)(c1cnn(CC2CC2)c1)N1CCNCC1. The number of sulfonamides is 1. The molecule has 0 unspecified atom stereocenters. The Labute approximate surface area is 107 Å². The predicted octanol–water partition coefficient (Wildman–Crippen LogP) is -0.113. The van der Waals surface area contributed by atoms with Crippen molar-refractivity contribution < 1.29 is 8.42 Å². The normalized spacial score (nSPS) is 22.2. The van der Waals surface area contributed by atoms with Crippen molar-refractivity contribution in [3.05, 3.63) is 12.4 Å². The molecule has 0 amide bonds. The molecule has 18 heavy (non-hydrogen) atoms. The zero-order chi connectivity index (χ0) is 12.6. The minimum Gasteiger partial charge on any atom is -0.314 e. The van der Waals surface area contributed by atoms with Crippen molar-refractivity contribution in [1.82, 2.24) is 19.4 Å². The fourth-order valence-corrected chi connectivity index (χ4v) is 3.57. The van der Waals surface area contributed by atoms with Gasteiger partial charge in [-0.3, -0.25) is 4.68 Å². The maximum Gasteiger partial charge on any atom is 0.246 e. The van der Waals surface area contributed by atoms with Crippen LogP contribution in [0.1, 0.15) is 12.8 Å². The van der Waals surface area contributed by atoms with Crippen molar-refractivity contribution in [2.45, 2.75) is 24.3 Å². The van der Waals surface area contributed by atoms with E-state index < -0.39 is 10.0 Å². The van der Waals surface area contributed by atoms with Gasteiger partial charge in [0.2, 0.25) is 10.0 Å². The van der Waals surface area contributed by atoms with E-state index in [1.807, 2.05) is 0 Å². The quantitative estimate of drug-likeness (QED) is 0.829. The van der Waals surface area contributed by atoms with E-state index in [9.17, 15) is 8.42 Å². The van der Waals surface area contributed by atoms with E-state index >= 15 is 0 Å². The number of aromatic nitrogens is 2. The van der Waals surface area contributed by atoms with Gasteiger partial charge in [-0.15, -0.1) is 0 Å². The Balaban J connectivity index is 1.76. The second-order valence-electron chi connectivity index (χ2n) is 5.00. The molecule has 0 spiro atoms. The van der Waals surface area contributed by atoms with Crippen LogP contribution in [-0.2, 0) is 16.6 Å². The van der Waals surface area contributed by atoms with Crippen LogP contribution in [0.3, 0.4) is 0 Å². The minimum absolute atomic E-state index is 0.324. The lowest BCUT2D eigenvalue weighted by Gasteiger charge is -2.25. The van der Waals surface area contributed by atoms with E-state index in [4.69, 9.17) is 0 Å². The number of hydrogen-bond donors (Lipinski definition) is 1. The molecule has 3 rings (SSSR count). The summed E-state index contributed by atoms with van der Waals surface area (Å²) in [5.41, 5.74) is 0. The van der Waals surface area contributed by atoms with Gasteiger partial charge in [0.05, 0.1) is 6.20 Å². The lowest BCUT2D eigenvalue weighted by atomic mass is 10.4. The molecule has 1 saturated heterocycles. The smallest absolute Gasteiger partial charge is 0.246 e. The minimum atomic E-state index is -3.35. The van der Waals surface area contributed by atoms with Crippen LogP contribution in [-0.4, -0.2) is 48.7 Å². The summed E-state index contributed by atoms with van der Waals surface area (Å²) >= 11 is 0. The van der Waals surface area contributed by atoms with Gasteiger partial charge in [-0.25, -0.2) is 8.42 Å². The monoisotopic (exact) mass is 270 g/mol. The molecule has 1 aromatic rings. The number of hydrogen-bond acceptors (Lipinski definition) is 4. The van der Waals surface area contributed by atoms with Crippen LogP contribution in [0.15, 0.2) is 17.3 Å². The van der Waals surface area contributed by atoms with Crippen LogP contribution < -0.4 is 5.32 Å². The van der Waals surface area contributed by atoms with E-state index in [1.54, 1.807) is 10.9 Å². The fourth-order valence-electron chi connectivity index (χ4n) is 2.18. The average Bonchev–Trinajstić information content (AvgIpc) is 3.05. The molecule has 0 radical (unpaired) electrons. The Bertz CT molecular complexity index is 515. The van der Waals surface area contributed by atoms with Crippen LogP contribution in [0.5, 0.6) is 0 Å². The molecule has 2 heterocycles. The van der Waals surface area contributed by atoms with Gasteiger partial charge in [-0.2, -0.15) is 9.40 Å². The Kier molecular flexibility index (Phi) is 3.13. The number of rotatable bonds is 4. The first-order valence-electron chi connectivity index (χ1n) is 6.39. The van der Waals surface area contributed by atoms with E-state index in [1.165, 1.54) is 23.3 Å². The van der Waals surface area contributed by atoms with Gasteiger partial charge < -0.3 is 5.32 Å². The third-order valence-electron chi connectivity index (χ3n) is 3.47. The van der Waals surface area contributed by atoms with Crippen LogP contribution >= 0.6 is 0 Å². The maximum absolute atomic E-state index is 12.3. The molecule has 2 fully saturated rings. The van der Waals surface area contributed by atoms with Crippen molar-refractivity contribution in [2.24, 2.45) is 5.92 Å².